The van der Waals surface area contributed by atoms with Crippen molar-refractivity contribution >= 4 is 29.3 Å². The van der Waals surface area contributed by atoms with Crippen LogP contribution in [0.3, 0.4) is 0 Å². The van der Waals surface area contributed by atoms with Gasteiger partial charge in [0.1, 0.15) is 0 Å². The molecule has 2 rings (SSSR count). The van der Waals surface area contributed by atoms with Gasteiger partial charge in [0.2, 0.25) is 5.91 Å². The maximum atomic E-state index is 12.1. The third-order valence-electron chi connectivity index (χ3n) is 3.31. The fourth-order valence-electron chi connectivity index (χ4n) is 2.07. The van der Waals surface area contributed by atoms with E-state index in [0.717, 1.165) is 0 Å². The summed E-state index contributed by atoms with van der Waals surface area (Å²) in [5, 5.41) is 15.8. The Bertz CT molecular complexity index is 896. The Labute approximate surface area is 149 Å². The summed E-state index contributed by atoms with van der Waals surface area (Å²) >= 11 is 0. The minimum atomic E-state index is -0.498. The van der Waals surface area contributed by atoms with E-state index < -0.39 is 16.7 Å². The molecule has 0 aromatic heterocycles. The molecule has 0 spiro atoms. The highest BCUT2D eigenvalue weighted by Gasteiger charge is 2.11. The Morgan fingerprint density at radius 3 is 2.50 bits per heavy atom. The molecule has 7 heteroatoms. The van der Waals surface area contributed by atoms with Gasteiger partial charge < -0.3 is 10.6 Å². The number of non-ortho nitro benzene ring substituents is 1. The molecule has 26 heavy (non-hydrogen) atoms. The second kappa shape index (κ2) is 8.80. The molecule has 0 aliphatic rings. The van der Waals surface area contributed by atoms with Crippen LogP contribution in [0.25, 0.3) is 6.08 Å². The zero-order chi connectivity index (χ0) is 18.9. The van der Waals surface area contributed by atoms with Crippen LogP contribution in [0.4, 0.5) is 11.4 Å². The second-order valence-electron chi connectivity index (χ2n) is 5.10. The van der Waals surface area contributed by atoms with Crippen molar-refractivity contribution in [2.45, 2.75) is 0 Å². The van der Waals surface area contributed by atoms with Crippen molar-refractivity contribution in [3.05, 3.63) is 75.8 Å². The smallest absolute Gasteiger partial charge is 0.269 e. The van der Waals surface area contributed by atoms with Crippen LogP contribution >= 0.6 is 0 Å². The molecule has 0 atom stereocenters. The summed E-state index contributed by atoms with van der Waals surface area (Å²) in [4.78, 5) is 34.2. The van der Waals surface area contributed by atoms with Crippen molar-refractivity contribution in [3.8, 4) is 12.3 Å². The van der Waals surface area contributed by atoms with Gasteiger partial charge in [-0.05, 0) is 35.9 Å². The molecule has 0 saturated heterocycles. The number of nitro groups is 1. The molecule has 2 N–H and O–H groups in total. The average molecular weight is 349 g/mol. The normalized spacial score (nSPS) is 10.1. The number of nitrogens with one attached hydrogen (secondary N) is 2. The maximum Gasteiger partial charge on any atom is 0.269 e. The molecule has 0 aliphatic heterocycles. The van der Waals surface area contributed by atoms with Crippen molar-refractivity contribution < 1.29 is 14.5 Å². The van der Waals surface area contributed by atoms with Crippen LogP contribution < -0.4 is 10.6 Å². The number of para-hydroxylation sites is 1. The van der Waals surface area contributed by atoms with E-state index in [9.17, 15) is 19.7 Å². The molecular weight excluding hydrogens is 334 g/mol. The molecule has 0 fully saturated rings. The van der Waals surface area contributed by atoms with Gasteiger partial charge in [-0.2, -0.15) is 0 Å². The fourth-order valence-corrected chi connectivity index (χ4v) is 2.07. The van der Waals surface area contributed by atoms with Crippen LogP contribution in [0, 0.1) is 22.5 Å². The summed E-state index contributed by atoms with van der Waals surface area (Å²) in [6.07, 6.45) is 7.90. The first kappa shape index (κ1) is 18.4. The lowest BCUT2D eigenvalue weighted by molar-refractivity contribution is -0.384. The van der Waals surface area contributed by atoms with Gasteiger partial charge in [-0.3, -0.25) is 19.7 Å². The number of hydrogen-bond acceptors (Lipinski definition) is 4. The minimum absolute atomic E-state index is 0.0292. The van der Waals surface area contributed by atoms with Crippen LogP contribution in [0.15, 0.2) is 54.6 Å². The highest BCUT2D eigenvalue weighted by molar-refractivity contribution is 6.07. The van der Waals surface area contributed by atoms with Gasteiger partial charge in [-0.25, -0.2) is 0 Å². The molecule has 2 aromatic carbocycles. The first-order valence-electron chi connectivity index (χ1n) is 7.55. The topological polar surface area (TPSA) is 101 Å². The number of carbonyl (C=O) groups excluding carboxylic acids is 2. The molecular formula is C19H15N3O4. The quantitative estimate of drug-likeness (QED) is 0.362. The van der Waals surface area contributed by atoms with E-state index in [4.69, 9.17) is 6.42 Å². The highest BCUT2D eigenvalue weighted by atomic mass is 16.6. The predicted octanol–water partition coefficient (Wildman–Crippen LogP) is 2.61. The Morgan fingerprint density at radius 1 is 1.15 bits per heavy atom. The van der Waals surface area contributed by atoms with Gasteiger partial charge in [-0.15, -0.1) is 6.42 Å². The number of rotatable bonds is 6. The summed E-state index contributed by atoms with van der Waals surface area (Å²) < 4.78 is 0. The fraction of sp³-hybridized carbons (Fsp3) is 0.0526. The SMILES string of the molecule is C#CCNC(=O)c1ccccc1NC(=O)/C=C/c1ccc([N+](=O)[O-])cc1. The van der Waals surface area contributed by atoms with E-state index in [1.807, 2.05) is 0 Å². The number of amides is 2. The molecule has 7 nitrogen and oxygen atoms in total. The summed E-state index contributed by atoms with van der Waals surface area (Å²) in [6, 6.07) is 12.3. The second-order valence-corrected chi connectivity index (χ2v) is 5.10. The Balaban J connectivity index is 2.07. The molecule has 2 amide bonds. The molecule has 0 unspecified atom stereocenters. The molecule has 0 radical (unpaired) electrons. The number of terminal acetylenes is 1. The van der Waals surface area contributed by atoms with Crippen molar-refractivity contribution in [1.82, 2.24) is 5.32 Å². The van der Waals surface area contributed by atoms with E-state index in [1.165, 1.54) is 36.4 Å². The molecule has 0 saturated carbocycles. The minimum Gasteiger partial charge on any atom is -0.341 e. The lowest BCUT2D eigenvalue weighted by atomic mass is 10.1. The van der Waals surface area contributed by atoms with Crippen LogP contribution in [0.5, 0.6) is 0 Å². The number of nitrogens with zero attached hydrogens (tertiary/aromatic N) is 1. The Hall–Kier alpha value is -3.92. The van der Waals surface area contributed by atoms with Gasteiger partial charge in [0.05, 0.1) is 22.7 Å². The standard InChI is InChI=1S/C19H15N3O4/c1-2-13-20-19(24)16-5-3-4-6-17(16)21-18(23)12-9-14-7-10-15(11-8-14)22(25)26/h1,3-12H,13H2,(H,20,24)(H,21,23)/b12-9+. The molecule has 0 bridgehead atoms. The lowest BCUT2D eigenvalue weighted by Gasteiger charge is -2.09. The van der Waals surface area contributed by atoms with E-state index in [1.54, 1.807) is 24.3 Å². The van der Waals surface area contributed by atoms with Gasteiger partial charge >= 0.3 is 0 Å². The van der Waals surface area contributed by atoms with Crippen LogP contribution in [-0.4, -0.2) is 23.3 Å². The first-order chi connectivity index (χ1) is 12.5. The monoisotopic (exact) mass is 349 g/mol. The van der Waals surface area contributed by atoms with Crippen molar-refractivity contribution in [2.75, 3.05) is 11.9 Å². The summed E-state index contributed by atoms with van der Waals surface area (Å²) in [5.74, 6) is 1.47. The third kappa shape index (κ3) is 5.04. The van der Waals surface area contributed by atoms with E-state index in [-0.39, 0.29) is 12.2 Å². The van der Waals surface area contributed by atoms with E-state index >= 15 is 0 Å². The molecule has 0 aliphatic carbocycles. The zero-order valence-corrected chi connectivity index (χ0v) is 13.6. The molecule has 130 valence electrons. The highest BCUT2D eigenvalue weighted by Crippen LogP contribution is 2.16. The largest absolute Gasteiger partial charge is 0.341 e. The Kier molecular flexibility index (Phi) is 6.23. The predicted molar refractivity (Wildman–Crippen MR) is 98.4 cm³/mol. The van der Waals surface area contributed by atoms with Crippen LogP contribution in [-0.2, 0) is 4.79 Å². The van der Waals surface area contributed by atoms with Crippen molar-refractivity contribution in [2.24, 2.45) is 0 Å². The number of nitro benzene ring substituents is 1. The number of anilines is 1. The van der Waals surface area contributed by atoms with Crippen LogP contribution in [0.2, 0.25) is 0 Å². The van der Waals surface area contributed by atoms with Crippen molar-refractivity contribution in [3.63, 3.8) is 0 Å². The van der Waals surface area contributed by atoms with E-state index in [0.29, 0.717) is 16.8 Å². The summed E-state index contributed by atoms with van der Waals surface area (Å²) in [5.41, 5.74) is 1.24. The van der Waals surface area contributed by atoms with Gasteiger partial charge in [0.25, 0.3) is 11.6 Å². The molecule has 2 aromatic rings. The summed E-state index contributed by atoms with van der Waals surface area (Å²) in [6.45, 7) is 0.0845. The first-order valence-corrected chi connectivity index (χ1v) is 7.55. The summed E-state index contributed by atoms with van der Waals surface area (Å²) in [7, 11) is 0. The number of carbonyl (C=O) groups is 2. The zero-order valence-electron chi connectivity index (χ0n) is 13.6. The van der Waals surface area contributed by atoms with Crippen molar-refractivity contribution in [1.29, 1.82) is 0 Å². The van der Waals surface area contributed by atoms with Crippen LogP contribution in [0.1, 0.15) is 15.9 Å². The number of benzene rings is 2. The third-order valence-corrected chi connectivity index (χ3v) is 3.31. The van der Waals surface area contributed by atoms with Gasteiger partial charge in [0.15, 0.2) is 0 Å². The van der Waals surface area contributed by atoms with Gasteiger partial charge in [0, 0.05) is 18.2 Å². The number of hydrogen-bond donors (Lipinski definition) is 2. The van der Waals surface area contributed by atoms with Gasteiger partial charge in [-0.1, -0.05) is 18.1 Å². The molecule has 0 heterocycles. The lowest BCUT2D eigenvalue weighted by Crippen LogP contribution is -2.25. The van der Waals surface area contributed by atoms with E-state index in [2.05, 4.69) is 16.6 Å². The maximum absolute atomic E-state index is 12.1. The Morgan fingerprint density at radius 2 is 1.85 bits per heavy atom. The average Bonchev–Trinajstić information content (AvgIpc) is 2.65.